The number of ether oxygens (including phenoxy) is 1. The van der Waals surface area contributed by atoms with E-state index in [1.807, 2.05) is 32.0 Å². The van der Waals surface area contributed by atoms with Crippen molar-refractivity contribution in [3.63, 3.8) is 0 Å². The van der Waals surface area contributed by atoms with Gasteiger partial charge < -0.3 is 10.1 Å². The van der Waals surface area contributed by atoms with Crippen molar-refractivity contribution in [3.05, 3.63) is 29.3 Å². The fraction of sp³-hybridized carbons (Fsp3) is 0.500. The Bertz CT molecular complexity index is 691. The fourth-order valence-electron chi connectivity index (χ4n) is 2.72. The van der Waals surface area contributed by atoms with Gasteiger partial charge in [0.05, 0.1) is 11.5 Å². The van der Waals surface area contributed by atoms with Crippen molar-refractivity contribution in [3.8, 4) is 0 Å². The first-order valence-electron chi connectivity index (χ1n) is 7.48. The van der Waals surface area contributed by atoms with Gasteiger partial charge in [0.1, 0.15) is 0 Å². The zero-order valence-corrected chi connectivity index (χ0v) is 14.1. The van der Waals surface area contributed by atoms with Crippen LogP contribution in [-0.2, 0) is 24.2 Å². The Kier molecular flexibility index (Phi) is 5.41. The van der Waals surface area contributed by atoms with Crippen LogP contribution in [0.25, 0.3) is 0 Å². The van der Waals surface area contributed by atoms with Crippen LogP contribution in [0, 0.1) is 19.8 Å². The van der Waals surface area contributed by atoms with E-state index in [1.165, 1.54) is 0 Å². The number of amides is 1. The highest BCUT2D eigenvalue weighted by Crippen LogP contribution is 2.21. The molecule has 0 aromatic heterocycles. The van der Waals surface area contributed by atoms with Gasteiger partial charge in [-0.15, -0.1) is 0 Å². The molecule has 23 heavy (non-hydrogen) atoms. The molecular weight excluding hydrogens is 318 g/mol. The molecule has 1 heterocycles. The fourth-order valence-corrected chi connectivity index (χ4v) is 4.58. The van der Waals surface area contributed by atoms with Crippen LogP contribution in [0.4, 0.5) is 5.69 Å². The first kappa shape index (κ1) is 17.5. The van der Waals surface area contributed by atoms with E-state index < -0.39 is 21.7 Å². The van der Waals surface area contributed by atoms with Crippen LogP contribution in [0.15, 0.2) is 18.2 Å². The van der Waals surface area contributed by atoms with E-state index in [0.29, 0.717) is 12.1 Å². The number of hydrogen-bond donors (Lipinski definition) is 1. The zero-order chi connectivity index (χ0) is 17.0. The van der Waals surface area contributed by atoms with Crippen LogP contribution in [0.2, 0.25) is 0 Å². The summed E-state index contributed by atoms with van der Waals surface area (Å²) in [7, 11) is -3.01. The molecule has 1 atom stereocenters. The maximum Gasteiger partial charge on any atom is 0.306 e. The number of nitrogens with one attached hydrogen (secondary N) is 1. The summed E-state index contributed by atoms with van der Waals surface area (Å²) in [5, 5.41) is 2.67. The lowest BCUT2D eigenvalue weighted by Gasteiger charge is -2.10. The minimum absolute atomic E-state index is 0.0247. The average Bonchev–Trinajstić information content (AvgIpc) is 2.74. The molecule has 1 fully saturated rings. The summed E-state index contributed by atoms with van der Waals surface area (Å²) in [5.41, 5.74) is 2.71. The van der Waals surface area contributed by atoms with Gasteiger partial charge in [0.2, 0.25) is 0 Å². The minimum atomic E-state index is -3.01. The van der Waals surface area contributed by atoms with Crippen LogP contribution >= 0.6 is 0 Å². The van der Waals surface area contributed by atoms with Gasteiger partial charge >= 0.3 is 5.97 Å². The van der Waals surface area contributed by atoms with Crippen molar-refractivity contribution in [2.24, 2.45) is 5.92 Å². The van der Waals surface area contributed by atoms with Gasteiger partial charge in [-0.3, -0.25) is 9.59 Å². The lowest BCUT2D eigenvalue weighted by atomic mass is 10.1. The number of sulfone groups is 1. The molecule has 6 nitrogen and oxygen atoms in total. The highest BCUT2D eigenvalue weighted by molar-refractivity contribution is 7.91. The van der Waals surface area contributed by atoms with Crippen LogP contribution in [-0.4, -0.2) is 38.4 Å². The Morgan fingerprint density at radius 2 is 1.87 bits per heavy atom. The second-order valence-corrected chi connectivity index (χ2v) is 8.29. The molecule has 0 radical (unpaired) electrons. The molecule has 0 saturated carbocycles. The van der Waals surface area contributed by atoms with Crippen LogP contribution in [0.5, 0.6) is 0 Å². The molecule has 1 aliphatic rings. The lowest BCUT2D eigenvalue weighted by molar-refractivity contribution is -0.148. The van der Waals surface area contributed by atoms with Crippen molar-refractivity contribution in [1.29, 1.82) is 0 Å². The van der Waals surface area contributed by atoms with E-state index in [2.05, 4.69) is 5.32 Å². The predicted molar refractivity (Wildman–Crippen MR) is 86.9 cm³/mol. The van der Waals surface area contributed by atoms with Crippen LogP contribution in [0.1, 0.15) is 24.0 Å². The summed E-state index contributed by atoms with van der Waals surface area (Å²) in [4.78, 5) is 23.5. The summed E-state index contributed by atoms with van der Waals surface area (Å²) in [6, 6.07) is 5.65. The van der Waals surface area contributed by atoms with Gasteiger partial charge in [0.15, 0.2) is 16.4 Å². The second kappa shape index (κ2) is 7.12. The molecule has 0 bridgehead atoms. The summed E-state index contributed by atoms with van der Waals surface area (Å²) in [6.45, 7) is 3.49. The Morgan fingerprint density at radius 3 is 2.43 bits per heavy atom. The number of carbonyl (C=O) groups is 2. The number of anilines is 1. The molecule has 126 valence electrons. The smallest absolute Gasteiger partial charge is 0.306 e. The first-order valence-corrected chi connectivity index (χ1v) is 9.30. The van der Waals surface area contributed by atoms with Gasteiger partial charge in [-0.2, -0.15) is 0 Å². The number of hydrogen-bond acceptors (Lipinski definition) is 5. The summed E-state index contributed by atoms with van der Waals surface area (Å²) < 4.78 is 27.6. The van der Waals surface area contributed by atoms with Crippen LogP contribution < -0.4 is 5.32 Å². The number of benzene rings is 1. The van der Waals surface area contributed by atoms with E-state index in [-0.39, 0.29) is 30.5 Å². The van der Waals surface area contributed by atoms with E-state index in [1.54, 1.807) is 0 Å². The van der Waals surface area contributed by atoms with Crippen molar-refractivity contribution in [2.45, 2.75) is 26.7 Å². The third kappa shape index (κ3) is 5.67. The number of esters is 1. The molecule has 0 spiro atoms. The molecule has 0 aliphatic carbocycles. The molecule has 1 aliphatic heterocycles. The molecule has 0 unspecified atom stereocenters. The zero-order valence-electron chi connectivity index (χ0n) is 13.3. The third-order valence-corrected chi connectivity index (χ3v) is 5.49. The average molecular weight is 339 g/mol. The largest absolute Gasteiger partial charge is 0.456 e. The molecular formula is C16H21NO5S. The summed E-state index contributed by atoms with van der Waals surface area (Å²) in [5.74, 6) is -1.00. The van der Waals surface area contributed by atoms with Crippen molar-refractivity contribution >= 4 is 27.4 Å². The van der Waals surface area contributed by atoms with Crippen LogP contribution in [0.3, 0.4) is 0 Å². The maximum atomic E-state index is 11.8. The minimum Gasteiger partial charge on any atom is -0.456 e. The topological polar surface area (TPSA) is 89.5 Å². The standard InChI is InChI=1S/C16H21NO5S/c1-11-5-12(2)7-14(6-11)17-15(18)9-22-16(19)8-13-3-4-23(20,21)10-13/h5-7,13H,3-4,8-10H2,1-2H3,(H,17,18)/t13-/m0/s1. The maximum absolute atomic E-state index is 11.8. The molecule has 1 aromatic rings. The number of aryl methyl sites for hydroxylation is 2. The Labute approximate surface area is 136 Å². The van der Waals surface area contributed by atoms with Gasteiger partial charge in [-0.05, 0) is 49.4 Å². The Balaban J connectivity index is 1.76. The van der Waals surface area contributed by atoms with Gasteiger partial charge in [0, 0.05) is 12.1 Å². The van der Waals surface area contributed by atoms with Crippen molar-refractivity contribution < 1.29 is 22.7 Å². The molecule has 2 rings (SSSR count). The van der Waals surface area contributed by atoms with Gasteiger partial charge in [-0.1, -0.05) is 6.07 Å². The lowest BCUT2D eigenvalue weighted by Crippen LogP contribution is -2.22. The Morgan fingerprint density at radius 1 is 1.22 bits per heavy atom. The molecule has 1 amide bonds. The monoisotopic (exact) mass is 339 g/mol. The summed E-state index contributed by atoms with van der Waals surface area (Å²) in [6.07, 6.45) is 0.516. The molecule has 1 aromatic carbocycles. The SMILES string of the molecule is Cc1cc(C)cc(NC(=O)COC(=O)C[C@@H]2CCS(=O)(=O)C2)c1. The van der Waals surface area contributed by atoms with Gasteiger partial charge in [0.25, 0.3) is 5.91 Å². The molecule has 7 heteroatoms. The molecule has 1 N–H and O–H groups in total. The van der Waals surface area contributed by atoms with Crippen molar-refractivity contribution in [1.82, 2.24) is 0 Å². The molecule has 1 saturated heterocycles. The highest BCUT2D eigenvalue weighted by Gasteiger charge is 2.29. The quantitative estimate of drug-likeness (QED) is 0.823. The predicted octanol–water partition coefficient (Wildman–Crippen LogP) is 1.61. The van der Waals surface area contributed by atoms with E-state index in [9.17, 15) is 18.0 Å². The van der Waals surface area contributed by atoms with E-state index >= 15 is 0 Å². The first-order chi connectivity index (χ1) is 10.7. The second-order valence-electron chi connectivity index (χ2n) is 6.06. The van der Waals surface area contributed by atoms with E-state index in [4.69, 9.17) is 4.74 Å². The Hall–Kier alpha value is -1.89. The van der Waals surface area contributed by atoms with Crippen molar-refractivity contribution in [2.75, 3.05) is 23.4 Å². The number of rotatable bonds is 5. The van der Waals surface area contributed by atoms with E-state index in [0.717, 1.165) is 11.1 Å². The normalized spacial score (nSPS) is 19.3. The number of carbonyl (C=O) groups excluding carboxylic acids is 2. The third-order valence-electron chi connectivity index (χ3n) is 3.65. The summed E-state index contributed by atoms with van der Waals surface area (Å²) >= 11 is 0. The highest BCUT2D eigenvalue weighted by atomic mass is 32.2. The van der Waals surface area contributed by atoms with Gasteiger partial charge in [-0.25, -0.2) is 8.42 Å².